The average molecular weight is 938 g/mol. The monoisotopic (exact) mass is 937 g/mol. The van der Waals surface area contributed by atoms with Crippen LogP contribution in [0.15, 0.2) is 261 Å². The summed E-state index contributed by atoms with van der Waals surface area (Å²) in [5, 5.41) is 10.5. The minimum Gasteiger partial charge on any atom is -0.311 e. The Labute approximate surface area is 420 Å². The molecule has 0 unspecified atom stereocenters. The number of hydrogen-bond acceptors (Lipinski definition) is 3. The summed E-state index contributed by atoms with van der Waals surface area (Å²) in [6, 6.07) is 96.3. The number of fused-ring (bicyclic) bond motifs is 10. The zero-order valence-electron chi connectivity index (χ0n) is 38.6. The van der Waals surface area contributed by atoms with Crippen LogP contribution in [-0.4, -0.2) is 0 Å². The van der Waals surface area contributed by atoms with E-state index in [1.807, 2.05) is 22.7 Å². The van der Waals surface area contributed by atoms with Gasteiger partial charge < -0.3 is 4.90 Å². The molecule has 2 aromatic heterocycles. The maximum atomic E-state index is 2.43. The van der Waals surface area contributed by atoms with Crippen molar-refractivity contribution < 1.29 is 0 Å². The molecular formula is C68H43NS2. The molecule has 14 rings (SSSR count). The van der Waals surface area contributed by atoms with Crippen molar-refractivity contribution in [1.82, 2.24) is 0 Å². The summed E-state index contributed by atoms with van der Waals surface area (Å²) in [5.74, 6) is 0. The Morgan fingerprint density at radius 1 is 0.211 bits per heavy atom. The lowest BCUT2D eigenvalue weighted by Crippen LogP contribution is -2.09. The van der Waals surface area contributed by atoms with Gasteiger partial charge in [0.25, 0.3) is 0 Å². The Bertz CT molecular complexity index is 4050. The second kappa shape index (κ2) is 17.1. The van der Waals surface area contributed by atoms with Crippen LogP contribution in [0.5, 0.6) is 0 Å². The van der Waals surface area contributed by atoms with E-state index >= 15 is 0 Å². The molecule has 14 aromatic rings. The van der Waals surface area contributed by atoms with Gasteiger partial charge in [0, 0.05) is 57.4 Å². The van der Waals surface area contributed by atoms with Gasteiger partial charge in [0.2, 0.25) is 0 Å². The Hall–Kier alpha value is -8.60. The molecule has 0 N–H and O–H groups in total. The largest absolute Gasteiger partial charge is 0.311 e. The second-order valence-corrected chi connectivity index (χ2v) is 20.6. The first-order chi connectivity index (χ1) is 35.1. The van der Waals surface area contributed by atoms with E-state index in [0.717, 1.165) is 22.6 Å². The zero-order valence-corrected chi connectivity index (χ0v) is 40.2. The van der Waals surface area contributed by atoms with Gasteiger partial charge >= 0.3 is 0 Å². The maximum absolute atomic E-state index is 2.43. The van der Waals surface area contributed by atoms with Gasteiger partial charge in [-0.1, -0.05) is 170 Å². The molecule has 2 heterocycles. The fourth-order valence-electron chi connectivity index (χ4n) is 10.7. The maximum Gasteiger partial charge on any atom is 0.0462 e. The molecule has 0 spiro atoms. The van der Waals surface area contributed by atoms with E-state index in [1.54, 1.807) is 0 Å². The highest BCUT2D eigenvalue weighted by atomic mass is 32.1. The fraction of sp³-hybridized carbons (Fsp3) is 0. The van der Waals surface area contributed by atoms with Crippen molar-refractivity contribution in [3.63, 3.8) is 0 Å². The summed E-state index contributed by atoms with van der Waals surface area (Å²) in [5.41, 5.74) is 15.2. The molecule has 0 saturated carbocycles. The molecule has 0 atom stereocenters. The third kappa shape index (κ3) is 7.37. The normalized spacial score (nSPS) is 11.7. The molecule has 0 aliphatic heterocycles. The van der Waals surface area contributed by atoms with E-state index in [-0.39, 0.29) is 0 Å². The molecule has 71 heavy (non-hydrogen) atoms. The molecular weight excluding hydrogens is 895 g/mol. The summed E-state index contributed by atoms with van der Waals surface area (Å²) >= 11 is 3.76. The molecule has 0 bridgehead atoms. The summed E-state index contributed by atoms with van der Waals surface area (Å²) in [6.45, 7) is 0. The lowest BCUT2D eigenvalue weighted by Gasteiger charge is -2.26. The highest BCUT2D eigenvalue weighted by Gasteiger charge is 2.17. The highest BCUT2D eigenvalue weighted by Crippen LogP contribution is 2.45. The zero-order chi connectivity index (χ0) is 46.8. The van der Waals surface area contributed by atoms with E-state index < -0.39 is 0 Å². The van der Waals surface area contributed by atoms with E-state index in [9.17, 15) is 0 Å². The highest BCUT2D eigenvalue weighted by molar-refractivity contribution is 7.26. The first kappa shape index (κ1) is 41.4. The van der Waals surface area contributed by atoms with Gasteiger partial charge in [-0.25, -0.2) is 0 Å². The minimum absolute atomic E-state index is 1.09. The van der Waals surface area contributed by atoms with Crippen molar-refractivity contribution in [3.05, 3.63) is 261 Å². The number of benzene rings is 12. The number of nitrogens with zero attached hydrogens (tertiary/aromatic N) is 1. The molecule has 0 fully saturated rings. The van der Waals surface area contributed by atoms with Crippen LogP contribution in [0.25, 0.3) is 118 Å². The standard InChI is InChI=1S/C68H43NS2/c1-3-11-44(12-4-1)46-19-29-56(30-20-46)69(57-31-21-47(22-32-57)45-13-5-2-6-14-45)58-33-23-48(24-34-58)53-39-54(51-27-35-63-61(42-51)67-59-17-9-7-15-49(59)25-37-65(67)70-63)41-55(40-53)52-28-36-64-62(43-52)68-60-18-10-8-16-50(60)26-38-66(68)71-64/h1-43H. The molecule has 12 aromatic carbocycles. The summed E-state index contributed by atoms with van der Waals surface area (Å²) in [7, 11) is 0. The summed E-state index contributed by atoms with van der Waals surface area (Å²) in [6.07, 6.45) is 0. The van der Waals surface area contributed by atoms with Crippen molar-refractivity contribution in [2.24, 2.45) is 0 Å². The van der Waals surface area contributed by atoms with E-state index in [1.165, 1.54) is 112 Å². The second-order valence-electron chi connectivity index (χ2n) is 18.5. The van der Waals surface area contributed by atoms with Crippen LogP contribution in [0.2, 0.25) is 0 Å². The topological polar surface area (TPSA) is 3.24 Å². The molecule has 0 radical (unpaired) electrons. The number of rotatable bonds is 8. The van der Waals surface area contributed by atoms with Crippen LogP contribution in [0.3, 0.4) is 0 Å². The first-order valence-corrected chi connectivity index (χ1v) is 25.8. The van der Waals surface area contributed by atoms with Crippen LogP contribution in [0.1, 0.15) is 0 Å². The fourth-order valence-corrected chi connectivity index (χ4v) is 12.9. The van der Waals surface area contributed by atoms with Gasteiger partial charge in [0.1, 0.15) is 0 Å². The van der Waals surface area contributed by atoms with Crippen molar-refractivity contribution in [3.8, 4) is 55.6 Å². The Morgan fingerprint density at radius 2 is 0.535 bits per heavy atom. The third-order valence-corrected chi connectivity index (χ3v) is 16.5. The Balaban J connectivity index is 0.911. The predicted molar refractivity (Wildman–Crippen MR) is 309 cm³/mol. The smallest absolute Gasteiger partial charge is 0.0462 e. The van der Waals surface area contributed by atoms with Gasteiger partial charge in [-0.15, -0.1) is 22.7 Å². The van der Waals surface area contributed by atoms with E-state index in [0.29, 0.717) is 0 Å². The number of hydrogen-bond donors (Lipinski definition) is 0. The minimum atomic E-state index is 1.09. The summed E-state index contributed by atoms with van der Waals surface area (Å²) in [4.78, 5) is 2.36. The summed E-state index contributed by atoms with van der Waals surface area (Å²) < 4.78 is 5.26. The van der Waals surface area contributed by atoms with Crippen LogP contribution in [0.4, 0.5) is 17.1 Å². The van der Waals surface area contributed by atoms with Gasteiger partial charge in [-0.2, -0.15) is 0 Å². The molecule has 1 nitrogen and oxygen atoms in total. The quantitative estimate of drug-likeness (QED) is 0.147. The van der Waals surface area contributed by atoms with Crippen molar-refractivity contribution in [2.45, 2.75) is 0 Å². The van der Waals surface area contributed by atoms with Crippen LogP contribution in [-0.2, 0) is 0 Å². The van der Waals surface area contributed by atoms with E-state index in [2.05, 4.69) is 266 Å². The Kier molecular flexibility index (Phi) is 9.97. The van der Waals surface area contributed by atoms with Crippen LogP contribution < -0.4 is 4.90 Å². The molecule has 0 amide bonds. The van der Waals surface area contributed by atoms with Gasteiger partial charge in [0.15, 0.2) is 0 Å². The van der Waals surface area contributed by atoms with Crippen molar-refractivity contribution in [1.29, 1.82) is 0 Å². The van der Waals surface area contributed by atoms with Crippen molar-refractivity contribution in [2.75, 3.05) is 4.90 Å². The molecule has 0 saturated heterocycles. The number of thiophene rings is 2. The van der Waals surface area contributed by atoms with Gasteiger partial charge in [0.05, 0.1) is 0 Å². The van der Waals surface area contributed by atoms with Gasteiger partial charge in [-0.3, -0.25) is 0 Å². The molecule has 3 heteroatoms. The predicted octanol–water partition coefficient (Wildman–Crippen LogP) is 20.5. The SMILES string of the molecule is c1ccc(-c2ccc(N(c3ccc(-c4ccccc4)cc3)c3ccc(-c4cc(-c5ccc6sc7ccc8ccccc8c7c6c5)cc(-c5ccc6sc7ccc8ccccc8c7c6c5)c4)cc3)cc2)cc1. The first-order valence-electron chi connectivity index (χ1n) is 24.2. The van der Waals surface area contributed by atoms with Crippen LogP contribution >= 0.6 is 22.7 Å². The van der Waals surface area contributed by atoms with E-state index in [4.69, 9.17) is 0 Å². The van der Waals surface area contributed by atoms with Crippen molar-refractivity contribution >= 4 is 102 Å². The van der Waals surface area contributed by atoms with Crippen LogP contribution in [0, 0.1) is 0 Å². The molecule has 0 aliphatic rings. The lowest BCUT2D eigenvalue weighted by molar-refractivity contribution is 1.28. The van der Waals surface area contributed by atoms with Gasteiger partial charge in [-0.05, 0) is 168 Å². The third-order valence-electron chi connectivity index (χ3n) is 14.2. The lowest BCUT2D eigenvalue weighted by atomic mass is 9.92. The Morgan fingerprint density at radius 3 is 0.958 bits per heavy atom. The average Bonchev–Trinajstić information content (AvgIpc) is 4.03. The molecule has 332 valence electrons. The number of anilines is 3. The molecule has 0 aliphatic carbocycles.